The number of carbonyl (C=O) groups excluding carboxylic acids is 1. The molecule has 0 aliphatic heterocycles. The Bertz CT molecular complexity index is 448. The van der Waals surface area contributed by atoms with Crippen LogP contribution < -0.4 is 11.0 Å². The molecule has 0 aliphatic carbocycles. The standard InChI is InChI=1S/C10H15N3O4/c1-2-3-4-6(9(15)16)12-8(14)7-5-11-10(17)13-7/h5-6H,2-4H2,1H3,(H,12,14)(H,15,16)(H2,11,13,17)/t6-/m0/s1. The van der Waals surface area contributed by atoms with Crippen LogP contribution in [0.3, 0.4) is 0 Å². The highest BCUT2D eigenvalue weighted by atomic mass is 16.4. The molecule has 0 aliphatic rings. The first-order chi connectivity index (χ1) is 8.04. The number of carboxylic acid groups (broad SMARTS) is 1. The fourth-order valence-corrected chi connectivity index (χ4v) is 1.36. The van der Waals surface area contributed by atoms with Crippen LogP contribution in [-0.2, 0) is 4.79 Å². The number of aromatic amines is 2. The quantitative estimate of drug-likeness (QED) is 0.564. The fourth-order valence-electron chi connectivity index (χ4n) is 1.36. The van der Waals surface area contributed by atoms with Gasteiger partial charge in [0.2, 0.25) is 0 Å². The van der Waals surface area contributed by atoms with Gasteiger partial charge in [-0.2, -0.15) is 0 Å². The number of hydrogen-bond acceptors (Lipinski definition) is 3. The summed E-state index contributed by atoms with van der Waals surface area (Å²) in [6.45, 7) is 1.93. The fraction of sp³-hybridized carbons (Fsp3) is 0.500. The second-order valence-electron chi connectivity index (χ2n) is 3.66. The maximum atomic E-state index is 11.6. The molecule has 1 rings (SSSR count). The van der Waals surface area contributed by atoms with Gasteiger partial charge in [0.25, 0.3) is 5.91 Å². The summed E-state index contributed by atoms with van der Waals surface area (Å²) in [6, 6.07) is -0.930. The van der Waals surface area contributed by atoms with E-state index in [1.165, 1.54) is 6.20 Å². The zero-order valence-electron chi connectivity index (χ0n) is 9.45. The zero-order valence-corrected chi connectivity index (χ0v) is 9.45. The van der Waals surface area contributed by atoms with Gasteiger partial charge in [-0.05, 0) is 6.42 Å². The van der Waals surface area contributed by atoms with E-state index in [-0.39, 0.29) is 5.69 Å². The highest BCUT2D eigenvalue weighted by molar-refractivity contribution is 5.94. The molecular formula is C10H15N3O4. The molecular weight excluding hydrogens is 226 g/mol. The van der Waals surface area contributed by atoms with Gasteiger partial charge < -0.3 is 20.4 Å². The lowest BCUT2D eigenvalue weighted by Gasteiger charge is -2.12. The Morgan fingerprint density at radius 2 is 2.24 bits per heavy atom. The van der Waals surface area contributed by atoms with Crippen LogP contribution in [0.15, 0.2) is 11.0 Å². The van der Waals surface area contributed by atoms with Crippen molar-refractivity contribution >= 4 is 11.9 Å². The van der Waals surface area contributed by atoms with Crippen LogP contribution in [0.2, 0.25) is 0 Å². The molecule has 1 heterocycles. The Morgan fingerprint density at radius 1 is 1.53 bits per heavy atom. The van der Waals surface area contributed by atoms with Crippen molar-refractivity contribution in [3.8, 4) is 0 Å². The van der Waals surface area contributed by atoms with E-state index < -0.39 is 23.6 Å². The lowest BCUT2D eigenvalue weighted by Crippen LogP contribution is -2.41. The number of carboxylic acids is 1. The predicted octanol–water partition coefficient (Wildman–Crippen LogP) is 0.0762. The van der Waals surface area contributed by atoms with Crippen molar-refractivity contribution in [1.29, 1.82) is 0 Å². The molecule has 7 nitrogen and oxygen atoms in total. The molecule has 7 heteroatoms. The molecule has 94 valence electrons. The molecule has 1 aromatic rings. The van der Waals surface area contributed by atoms with Crippen LogP contribution in [0.4, 0.5) is 0 Å². The van der Waals surface area contributed by atoms with E-state index in [1.54, 1.807) is 0 Å². The van der Waals surface area contributed by atoms with Gasteiger partial charge in [-0.25, -0.2) is 9.59 Å². The Labute approximate surface area is 97.2 Å². The highest BCUT2D eigenvalue weighted by Crippen LogP contribution is 2.02. The summed E-state index contributed by atoms with van der Waals surface area (Å²) >= 11 is 0. The van der Waals surface area contributed by atoms with Crippen molar-refractivity contribution in [1.82, 2.24) is 15.3 Å². The van der Waals surface area contributed by atoms with E-state index >= 15 is 0 Å². The molecule has 1 aromatic heterocycles. The van der Waals surface area contributed by atoms with E-state index in [0.717, 1.165) is 6.42 Å². The van der Waals surface area contributed by atoms with Crippen LogP contribution in [0.25, 0.3) is 0 Å². The lowest BCUT2D eigenvalue weighted by molar-refractivity contribution is -0.139. The normalized spacial score (nSPS) is 12.1. The summed E-state index contributed by atoms with van der Waals surface area (Å²) in [7, 11) is 0. The molecule has 0 radical (unpaired) electrons. The minimum atomic E-state index is -1.08. The Hall–Kier alpha value is -2.05. The number of aliphatic carboxylic acids is 1. The molecule has 0 saturated carbocycles. The molecule has 0 spiro atoms. The number of imidazole rings is 1. The number of nitrogens with one attached hydrogen (secondary N) is 3. The third-order valence-electron chi connectivity index (χ3n) is 2.29. The van der Waals surface area contributed by atoms with Crippen LogP contribution in [-0.4, -0.2) is 33.0 Å². The van der Waals surface area contributed by atoms with Crippen molar-refractivity contribution in [2.45, 2.75) is 32.2 Å². The first kappa shape index (κ1) is 13.0. The van der Waals surface area contributed by atoms with Crippen molar-refractivity contribution in [2.24, 2.45) is 0 Å². The van der Waals surface area contributed by atoms with E-state index in [9.17, 15) is 14.4 Å². The predicted molar refractivity (Wildman–Crippen MR) is 59.8 cm³/mol. The maximum absolute atomic E-state index is 11.6. The van der Waals surface area contributed by atoms with Crippen molar-refractivity contribution < 1.29 is 14.7 Å². The Morgan fingerprint density at radius 3 is 2.71 bits per heavy atom. The van der Waals surface area contributed by atoms with Crippen LogP contribution in [0, 0.1) is 0 Å². The van der Waals surface area contributed by atoms with Gasteiger partial charge in [-0.15, -0.1) is 0 Å². The van der Waals surface area contributed by atoms with Crippen molar-refractivity contribution in [3.63, 3.8) is 0 Å². The Balaban J connectivity index is 2.64. The molecule has 17 heavy (non-hydrogen) atoms. The van der Waals surface area contributed by atoms with Gasteiger partial charge in [0.05, 0.1) is 0 Å². The second-order valence-corrected chi connectivity index (χ2v) is 3.66. The van der Waals surface area contributed by atoms with E-state index in [2.05, 4.69) is 15.3 Å². The number of amides is 1. The van der Waals surface area contributed by atoms with E-state index in [1.807, 2.05) is 6.92 Å². The molecule has 0 aromatic carbocycles. The minimum absolute atomic E-state index is 0.0257. The summed E-state index contributed by atoms with van der Waals surface area (Å²) in [5.74, 6) is -1.68. The van der Waals surface area contributed by atoms with Gasteiger partial charge in [0.1, 0.15) is 11.7 Å². The van der Waals surface area contributed by atoms with E-state index in [0.29, 0.717) is 12.8 Å². The number of hydrogen-bond donors (Lipinski definition) is 4. The molecule has 0 unspecified atom stereocenters. The lowest BCUT2D eigenvalue weighted by atomic mass is 10.1. The van der Waals surface area contributed by atoms with Crippen LogP contribution >= 0.6 is 0 Å². The summed E-state index contributed by atoms with van der Waals surface area (Å²) in [6.07, 6.45) is 3.13. The third-order valence-corrected chi connectivity index (χ3v) is 2.29. The largest absolute Gasteiger partial charge is 0.480 e. The van der Waals surface area contributed by atoms with Gasteiger partial charge in [-0.3, -0.25) is 4.79 Å². The number of H-pyrrole nitrogens is 2. The average molecular weight is 241 g/mol. The number of carbonyl (C=O) groups is 2. The Kier molecular flexibility index (Phi) is 4.50. The zero-order chi connectivity index (χ0) is 12.8. The number of aromatic nitrogens is 2. The van der Waals surface area contributed by atoms with Gasteiger partial charge in [0, 0.05) is 6.20 Å². The maximum Gasteiger partial charge on any atom is 0.326 e. The summed E-state index contributed by atoms with van der Waals surface area (Å²) in [5, 5.41) is 11.3. The SMILES string of the molecule is CCCC[C@H](NC(=O)c1c[nH]c(=O)[nH]1)C(=O)O. The smallest absolute Gasteiger partial charge is 0.326 e. The number of unbranched alkanes of at least 4 members (excludes halogenated alkanes) is 1. The first-order valence-corrected chi connectivity index (χ1v) is 5.36. The van der Waals surface area contributed by atoms with E-state index in [4.69, 9.17) is 5.11 Å². The van der Waals surface area contributed by atoms with Crippen molar-refractivity contribution in [3.05, 3.63) is 22.4 Å². The molecule has 1 amide bonds. The topological polar surface area (TPSA) is 115 Å². The molecule has 0 bridgehead atoms. The molecule has 0 fully saturated rings. The van der Waals surface area contributed by atoms with Gasteiger partial charge in [-0.1, -0.05) is 19.8 Å². The molecule has 0 saturated heterocycles. The van der Waals surface area contributed by atoms with Gasteiger partial charge in [0.15, 0.2) is 0 Å². The molecule has 4 N–H and O–H groups in total. The monoisotopic (exact) mass is 241 g/mol. The van der Waals surface area contributed by atoms with Gasteiger partial charge >= 0.3 is 11.7 Å². The highest BCUT2D eigenvalue weighted by Gasteiger charge is 2.20. The molecule has 1 atom stereocenters. The second kappa shape index (κ2) is 5.88. The van der Waals surface area contributed by atoms with Crippen molar-refractivity contribution in [2.75, 3.05) is 0 Å². The van der Waals surface area contributed by atoms with Crippen LogP contribution in [0.5, 0.6) is 0 Å². The summed E-state index contributed by atoms with van der Waals surface area (Å²) in [5.41, 5.74) is -0.478. The third kappa shape index (κ3) is 3.78. The van der Waals surface area contributed by atoms with Crippen LogP contribution in [0.1, 0.15) is 36.7 Å². The minimum Gasteiger partial charge on any atom is -0.480 e. The first-order valence-electron chi connectivity index (χ1n) is 5.36. The number of rotatable bonds is 6. The summed E-state index contributed by atoms with van der Waals surface area (Å²) in [4.78, 5) is 37.8. The summed E-state index contributed by atoms with van der Waals surface area (Å²) < 4.78 is 0. The average Bonchev–Trinajstić information content (AvgIpc) is 2.70.